The van der Waals surface area contributed by atoms with Crippen LogP contribution < -0.4 is 5.56 Å². The van der Waals surface area contributed by atoms with Gasteiger partial charge in [0.1, 0.15) is 0 Å². The summed E-state index contributed by atoms with van der Waals surface area (Å²) in [7, 11) is 1.66. The molecular weight excluding hydrogens is 360 g/mol. The van der Waals surface area contributed by atoms with E-state index in [-0.39, 0.29) is 5.56 Å². The smallest absolute Gasteiger partial charge is 0.262 e. The second-order valence-corrected chi connectivity index (χ2v) is 7.16. The van der Waals surface area contributed by atoms with Gasteiger partial charge in [0.2, 0.25) is 5.78 Å². The average Bonchev–Trinajstić information content (AvgIpc) is 3.14. The number of hydrogen-bond donors (Lipinski definition) is 0. The summed E-state index contributed by atoms with van der Waals surface area (Å²) in [5, 5.41) is 10.2. The molecule has 2 heterocycles. The summed E-state index contributed by atoms with van der Waals surface area (Å²) in [6.07, 6.45) is 0.740. The molecule has 7 heteroatoms. The predicted octanol–water partition coefficient (Wildman–Crippen LogP) is 3.37. The van der Waals surface area contributed by atoms with Gasteiger partial charge in [-0.25, -0.2) is 0 Å². The summed E-state index contributed by atoms with van der Waals surface area (Å²) in [5.74, 6) is 1.36. The number of thioether (sulfide) groups is 1. The van der Waals surface area contributed by atoms with Gasteiger partial charge < -0.3 is 4.74 Å². The van der Waals surface area contributed by atoms with E-state index in [9.17, 15) is 4.79 Å². The Morgan fingerprint density at radius 3 is 2.63 bits per heavy atom. The molecule has 0 aliphatic rings. The van der Waals surface area contributed by atoms with Gasteiger partial charge in [-0.2, -0.15) is 0 Å². The number of aromatic nitrogens is 4. The zero-order chi connectivity index (χ0) is 18.6. The summed E-state index contributed by atoms with van der Waals surface area (Å²) in [4.78, 5) is 13.0. The molecule has 2 aromatic heterocycles. The van der Waals surface area contributed by atoms with Crippen LogP contribution >= 0.6 is 11.8 Å². The number of nitrogens with zero attached hydrogens (tertiary/aromatic N) is 4. The normalized spacial score (nSPS) is 11.4. The molecule has 4 aromatic rings. The van der Waals surface area contributed by atoms with Crippen molar-refractivity contribution in [3.63, 3.8) is 0 Å². The van der Waals surface area contributed by atoms with Gasteiger partial charge in [0.15, 0.2) is 5.16 Å². The van der Waals surface area contributed by atoms with Crippen LogP contribution in [0.5, 0.6) is 0 Å². The highest BCUT2D eigenvalue weighted by Gasteiger charge is 2.16. The summed E-state index contributed by atoms with van der Waals surface area (Å²) < 4.78 is 8.81. The van der Waals surface area contributed by atoms with Crippen molar-refractivity contribution in [3.05, 3.63) is 70.5 Å². The predicted molar refractivity (Wildman–Crippen MR) is 107 cm³/mol. The first kappa shape index (κ1) is 17.8. The van der Waals surface area contributed by atoms with Crippen LogP contribution in [0.2, 0.25) is 0 Å². The number of fused-ring (bicyclic) bond motifs is 3. The van der Waals surface area contributed by atoms with E-state index in [0.29, 0.717) is 24.3 Å². The van der Waals surface area contributed by atoms with Gasteiger partial charge in [-0.05, 0) is 24.1 Å². The third-order valence-electron chi connectivity index (χ3n) is 4.42. The first-order valence-corrected chi connectivity index (χ1v) is 9.80. The molecule has 0 aliphatic carbocycles. The van der Waals surface area contributed by atoms with E-state index in [1.165, 1.54) is 5.56 Å². The van der Waals surface area contributed by atoms with Crippen molar-refractivity contribution < 1.29 is 4.74 Å². The van der Waals surface area contributed by atoms with Crippen LogP contribution in [-0.4, -0.2) is 32.9 Å². The maximum Gasteiger partial charge on any atom is 0.262 e. The summed E-state index contributed by atoms with van der Waals surface area (Å²) in [5.41, 5.74) is 2.01. The Morgan fingerprint density at radius 1 is 1.04 bits per heavy atom. The van der Waals surface area contributed by atoms with Crippen LogP contribution in [0.15, 0.2) is 64.5 Å². The van der Waals surface area contributed by atoms with Gasteiger partial charge in [-0.3, -0.25) is 13.8 Å². The summed E-state index contributed by atoms with van der Waals surface area (Å²) >= 11 is 1.62. The van der Waals surface area contributed by atoms with Crippen molar-refractivity contribution >= 4 is 28.4 Å². The van der Waals surface area contributed by atoms with Crippen LogP contribution in [0.4, 0.5) is 0 Å². The molecule has 0 amide bonds. The maximum absolute atomic E-state index is 13.0. The van der Waals surface area contributed by atoms with Gasteiger partial charge in [-0.1, -0.05) is 54.2 Å². The van der Waals surface area contributed by atoms with Gasteiger partial charge in [0.05, 0.1) is 10.9 Å². The minimum atomic E-state index is -0.0405. The van der Waals surface area contributed by atoms with Crippen LogP contribution in [0.25, 0.3) is 16.7 Å². The molecule has 0 aliphatic heterocycles. The maximum atomic E-state index is 13.0. The third kappa shape index (κ3) is 3.48. The topological polar surface area (TPSA) is 61.4 Å². The van der Waals surface area contributed by atoms with Crippen molar-refractivity contribution in [2.24, 2.45) is 0 Å². The van der Waals surface area contributed by atoms with E-state index in [1.54, 1.807) is 23.4 Å². The lowest BCUT2D eigenvalue weighted by Gasteiger charge is -2.11. The minimum Gasteiger partial charge on any atom is -0.385 e. The zero-order valence-electron chi connectivity index (χ0n) is 15.0. The Kier molecular flexibility index (Phi) is 5.22. The first-order chi connectivity index (χ1) is 13.3. The first-order valence-electron chi connectivity index (χ1n) is 8.82. The van der Waals surface area contributed by atoms with E-state index in [0.717, 1.165) is 22.8 Å². The zero-order valence-corrected chi connectivity index (χ0v) is 15.9. The molecule has 138 valence electrons. The lowest BCUT2D eigenvalue weighted by Crippen LogP contribution is -2.24. The molecule has 0 saturated carbocycles. The number of ether oxygens (including phenoxy) is 1. The van der Waals surface area contributed by atoms with Gasteiger partial charge in [0.25, 0.3) is 5.56 Å². The summed E-state index contributed by atoms with van der Waals surface area (Å²) in [6, 6.07) is 17.9. The number of benzene rings is 2. The van der Waals surface area contributed by atoms with E-state index in [4.69, 9.17) is 4.74 Å². The lowest BCUT2D eigenvalue weighted by molar-refractivity contribution is 0.190. The monoisotopic (exact) mass is 380 g/mol. The Hall–Kier alpha value is -2.64. The Morgan fingerprint density at radius 2 is 1.81 bits per heavy atom. The highest BCUT2D eigenvalue weighted by atomic mass is 32.2. The fourth-order valence-corrected chi connectivity index (χ4v) is 4.01. The van der Waals surface area contributed by atoms with Crippen LogP contribution in [0, 0.1) is 0 Å². The molecule has 0 unspecified atom stereocenters. The highest BCUT2D eigenvalue weighted by Crippen LogP contribution is 2.24. The van der Waals surface area contributed by atoms with Crippen LogP contribution in [-0.2, 0) is 17.0 Å². The highest BCUT2D eigenvalue weighted by molar-refractivity contribution is 7.98. The number of para-hydroxylation sites is 1. The second kappa shape index (κ2) is 7.94. The molecule has 4 rings (SSSR count). The molecule has 0 bridgehead atoms. The van der Waals surface area contributed by atoms with Crippen molar-refractivity contribution in [2.75, 3.05) is 13.7 Å². The molecule has 2 aromatic carbocycles. The van der Waals surface area contributed by atoms with E-state index in [1.807, 2.05) is 46.9 Å². The molecule has 0 N–H and O–H groups in total. The molecular formula is C20H20N4O2S. The largest absolute Gasteiger partial charge is 0.385 e. The fraction of sp³-hybridized carbons (Fsp3) is 0.250. The van der Waals surface area contributed by atoms with Crippen molar-refractivity contribution in [2.45, 2.75) is 23.9 Å². The lowest BCUT2D eigenvalue weighted by atomic mass is 10.2. The van der Waals surface area contributed by atoms with Crippen molar-refractivity contribution in [1.29, 1.82) is 0 Å². The van der Waals surface area contributed by atoms with Crippen molar-refractivity contribution in [1.82, 2.24) is 19.2 Å². The summed E-state index contributed by atoms with van der Waals surface area (Å²) in [6.45, 7) is 1.14. The SMILES string of the molecule is COCCCn1c(=O)c2ccccc2n2c(SCc3ccccc3)nnc12. The quantitative estimate of drug-likeness (QED) is 0.363. The average molecular weight is 380 g/mol. The second-order valence-electron chi connectivity index (χ2n) is 6.21. The van der Waals surface area contributed by atoms with Crippen LogP contribution in [0.3, 0.4) is 0 Å². The Labute approximate surface area is 160 Å². The number of aryl methyl sites for hydroxylation is 1. The fourth-order valence-electron chi connectivity index (χ4n) is 3.12. The Balaban J connectivity index is 1.80. The number of rotatable bonds is 7. The number of hydrogen-bond acceptors (Lipinski definition) is 5. The van der Waals surface area contributed by atoms with E-state index >= 15 is 0 Å². The van der Waals surface area contributed by atoms with Gasteiger partial charge in [0, 0.05) is 26.0 Å². The molecule has 0 radical (unpaired) electrons. The molecule has 0 saturated heterocycles. The minimum absolute atomic E-state index is 0.0405. The molecule has 0 fully saturated rings. The third-order valence-corrected chi connectivity index (χ3v) is 5.42. The molecule has 0 atom stereocenters. The van der Waals surface area contributed by atoms with Crippen molar-refractivity contribution in [3.8, 4) is 0 Å². The molecule has 0 spiro atoms. The molecule has 6 nitrogen and oxygen atoms in total. The van der Waals surface area contributed by atoms with E-state index in [2.05, 4.69) is 22.3 Å². The Bertz CT molecular complexity index is 1120. The van der Waals surface area contributed by atoms with E-state index < -0.39 is 0 Å². The van der Waals surface area contributed by atoms with Gasteiger partial charge >= 0.3 is 0 Å². The van der Waals surface area contributed by atoms with Crippen LogP contribution in [0.1, 0.15) is 12.0 Å². The molecule has 27 heavy (non-hydrogen) atoms. The van der Waals surface area contributed by atoms with Gasteiger partial charge in [-0.15, -0.1) is 10.2 Å². The standard InChI is InChI=1S/C20H20N4O2S/c1-26-13-7-12-23-18(25)16-10-5-6-11-17(16)24-19(23)21-22-20(24)27-14-15-8-3-2-4-9-15/h2-6,8-11H,7,12-14H2,1H3. The number of methoxy groups -OCH3 is 1.